The Morgan fingerprint density at radius 1 is 1.26 bits per heavy atom. The highest BCUT2D eigenvalue weighted by Gasteiger charge is 2.20. The standard InChI is InChI=1S/C15H9Cl2FN2O2S/c1-22-13-9(17)4-3-8(16)12(13)14(21)20-15-19-10-5-2-7(18)6-11(10)23-15/h2-6H,1H3,(H,19,20,21). The van der Waals surface area contributed by atoms with Crippen molar-refractivity contribution in [3.63, 3.8) is 0 Å². The maximum absolute atomic E-state index is 13.2. The molecule has 118 valence electrons. The summed E-state index contributed by atoms with van der Waals surface area (Å²) in [6, 6.07) is 7.26. The fourth-order valence-corrected chi connectivity index (χ4v) is 3.41. The quantitative estimate of drug-likeness (QED) is 0.705. The van der Waals surface area contributed by atoms with E-state index in [9.17, 15) is 9.18 Å². The summed E-state index contributed by atoms with van der Waals surface area (Å²) in [4.78, 5) is 16.7. The number of nitrogens with zero attached hydrogens (tertiary/aromatic N) is 1. The van der Waals surface area contributed by atoms with E-state index < -0.39 is 5.91 Å². The fourth-order valence-electron chi connectivity index (χ4n) is 2.06. The number of fused-ring (bicyclic) bond motifs is 1. The summed E-state index contributed by atoms with van der Waals surface area (Å²) in [6.07, 6.45) is 0. The Kier molecular flexibility index (Phi) is 4.39. The van der Waals surface area contributed by atoms with E-state index in [1.165, 1.54) is 25.3 Å². The fraction of sp³-hybridized carbons (Fsp3) is 0.0667. The number of aromatic nitrogens is 1. The van der Waals surface area contributed by atoms with Crippen molar-refractivity contribution in [2.24, 2.45) is 0 Å². The molecule has 3 rings (SSSR count). The van der Waals surface area contributed by atoms with Gasteiger partial charge < -0.3 is 4.74 Å². The maximum atomic E-state index is 13.2. The van der Waals surface area contributed by atoms with Crippen LogP contribution in [0.3, 0.4) is 0 Å². The average molecular weight is 371 g/mol. The number of carbonyl (C=O) groups is 1. The number of nitrogens with one attached hydrogen (secondary N) is 1. The molecule has 0 aliphatic carbocycles. The van der Waals surface area contributed by atoms with Crippen LogP contribution in [0.1, 0.15) is 10.4 Å². The van der Waals surface area contributed by atoms with Gasteiger partial charge in [-0.05, 0) is 30.3 Å². The summed E-state index contributed by atoms with van der Waals surface area (Å²) in [5, 5.41) is 3.44. The number of rotatable bonds is 3. The van der Waals surface area contributed by atoms with Crippen molar-refractivity contribution >= 4 is 55.8 Å². The Labute approximate surface area is 144 Å². The van der Waals surface area contributed by atoms with E-state index >= 15 is 0 Å². The molecule has 1 N–H and O–H groups in total. The molecular formula is C15H9Cl2FN2O2S. The second kappa shape index (κ2) is 6.31. The molecule has 0 aliphatic rings. The summed E-state index contributed by atoms with van der Waals surface area (Å²) in [5.41, 5.74) is 0.711. The smallest absolute Gasteiger partial charge is 0.262 e. The first-order valence-electron chi connectivity index (χ1n) is 6.39. The highest BCUT2D eigenvalue weighted by molar-refractivity contribution is 7.22. The number of benzene rings is 2. The maximum Gasteiger partial charge on any atom is 0.262 e. The average Bonchev–Trinajstić information content (AvgIpc) is 2.90. The minimum atomic E-state index is -0.506. The van der Waals surface area contributed by atoms with Gasteiger partial charge in [0, 0.05) is 0 Å². The van der Waals surface area contributed by atoms with E-state index in [0.717, 1.165) is 11.3 Å². The van der Waals surface area contributed by atoms with E-state index in [4.69, 9.17) is 27.9 Å². The molecule has 1 heterocycles. The molecule has 2 aromatic carbocycles. The normalized spacial score (nSPS) is 10.8. The minimum absolute atomic E-state index is 0.118. The van der Waals surface area contributed by atoms with E-state index in [-0.39, 0.29) is 27.2 Å². The van der Waals surface area contributed by atoms with Gasteiger partial charge in [0.25, 0.3) is 5.91 Å². The first-order chi connectivity index (χ1) is 11.0. The van der Waals surface area contributed by atoms with Crippen LogP contribution in [0.4, 0.5) is 9.52 Å². The molecular weight excluding hydrogens is 362 g/mol. The van der Waals surface area contributed by atoms with Crippen molar-refractivity contribution in [2.75, 3.05) is 12.4 Å². The molecule has 0 aliphatic heterocycles. The molecule has 0 atom stereocenters. The van der Waals surface area contributed by atoms with Crippen LogP contribution in [-0.4, -0.2) is 18.0 Å². The number of thiazole rings is 1. The van der Waals surface area contributed by atoms with E-state index in [0.29, 0.717) is 15.3 Å². The molecule has 0 unspecified atom stereocenters. The van der Waals surface area contributed by atoms with E-state index in [1.807, 2.05) is 0 Å². The van der Waals surface area contributed by atoms with Crippen LogP contribution >= 0.6 is 34.5 Å². The molecule has 0 saturated carbocycles. The number of carbonyl (C=O) groups excluding carboxylic acids is 1. The van der Waals surface area contributed by atoms with Crippen molar-refractivity contribution in [1.82, 2.24) is 4.98 Å². The van der Waals surface area contributed by atoms with Gasteiger partial charge in [0.15, 0.2) is 10.9 Å². The molecule has 0 fully saturated rings. The predicted molar refractivity (Wildman–Crippen MR) is 90.5 cm³/mol. The number of hydrogen-bond donors (Lipinski definition) is 1. The van der Waals surface area contributed by atoms with Gasteiger partial charge in [-0.1, -0.05) is 34.5 Å². The zero-order valence-corrected chi connectivity index (χ0v) is 14.0. The molecule has 0 bridgehead atoms. The van der Waals surface area contributed by atoms with Gasteiger partial charge in [-0.3, -0.25) is 10.1 Å². The minimum Gasteiger partial charge on any atom is -0.494 e. The van der Waals surface area contributed by atoms with Crippen molar-refractivity contribution in [3.8, 4) is 5.75 Å². The third-order valence-electron chi connectivity index (χ3n) is 3.06. The topological polar surface area (TPSA) is 51.2 Å². The molecule has 8 heteroatoms. The zero-order valence-electron chi connectivity index (χ0n) is 11.7. The Bertz CT molecular complexity index is 914. The number of hydrogen-bond acceptors (Lipinski definition) is 4. The summed E-state index contributed by atoms with van der Waals surface area (Å²) < 4.78 is 19.0. The number of halogens is 3. The van der Waals surface area contributed by atoms with Crippen LogP contribution < -0.4 is 10.1 Å². The van der Waals surface area contributed by atoms with Gasteiger partial charge in [0.2, 0.25) is 0 Å². The summed E-state index contributed by atoms with van der Waals surface area (Å²) in [7, 11) is 1.40. The zero-order chi connectivity index (χ0) is 16.6. The van der Waals surface area contributed by atoms with Gasteiger partial charge in [-0.25, -0.2) is 9.37 Å². The Hall–Kier alpha value is -1.89. The van der Waals surface area contributed by atoms with Crippen molar-refractivity contribution in [3.05, 3.63) is 51.8 Å². The third kappa shape index (κ3) is 3.10. The number of anilines is 1. The Balaban J connectivity index is 1.96. The SMILES string of the molecule is COc1c(Cl)ccc(Cl)c1C(=O)Nc1nc2ccc(F)cc2s1. The summed E-state index contributed by atoms with van der Waals surface area (Å²) in [6.45, 7) is 0. The number of methoxy groups -OCH3 is 1. The molecule has 0 saturated heterocycles. The number of amides is 1. The van der Waals surface area contributed by atoms with E-state index in [1.54, 1.807) is 12.1 Å². The van der Waals surface area contributed by atoms with Gasteiger partial charge in [0.1, 0.15) is 11.4 Å². The Morgan fingerprint density at radius 3 is 2.74 bits per heavy atom. The highest BCUT2D eigenvalue weighted by atomic mass is 35.5. The molecule has 0 radical (unpaired) electrons. The molecule has 4 nitrogen and oxygen atoms in total. The highest BCUT2D eigenvalue weighted by Crippen LogP contribution is 2.35. The Morgan fingerprint density at radius 2 is 2.00 bits per heavy atom. The first kappa shape index (κ1) is 16.0. The lowest BCUT2D eigenvalue weighted by Gasteiger charge is -2.11. The summed E-state index contributed by atoms with van der Waals surface area (Å²) in [5.74, 6) is -0.684. The lowest BCUT2D eigenvalue weighted by atomic mass is 10.2. The molecule has 3 aromatic rings. The third-order valence-corrected chi connectivity index (χ3v) is 4.61. The van der Waals surface area contributed by atoms with Crippen molar-refractivity contribution < 1.29 is 13.9 Å². The van der Waals surface area contributed by atoms with E-state index in [2.05, 4.69) is 10.3 Å². The van der Waals surface area contributed by atoms with Gasteiger partial charge in [-0.15, -0.1) is 0 Å². The van der Waals surface area contributed by atoms with Crippen molar-refractivity contribution in [2.45, 2.75) is 0 Å². The van der Waals surface area contributed by atoms with Crippen LogP contribution in [0.5, 0.6) is 5.75 Å². The lowest BCUT2D eigenvalue weighted by molar-refractivity contribution is 0.102. The van der Waals surface area contributed by atoms with Crippen LogP contribution in [0, 0.1) is 5.82 Å². The van der Waals surface area contributed by atoms with Gasteiger partial charge in [0.05, 0.1) is 27.4 Å². The monoisotopic (exact) mass is 370 g/mol. The van der Waals surface area contributed by atoms with Crippen LogP contribution in [0.2, 0.25) is 10.0 Å². The van der Waals surface area contributed by atoms with Gasteiger partial charge in [-0.2, -0.15) is 0 Å². The largest absolute Gasteiger partial charge is 0.494 e. The predicted octanol–water partition coefficient (Wildman–Crippen LogP) is 5.00. The van der Waals surface area contributed by atoms with Gasteiger partial charge >= 0.3 is 0 Å². The second-order valence-corrected chi connectivity index (χ2v) is 6.37. The molecule has 23 heavy (non-hydrogen) atoms. The summed E-state index contributed by atoms with van der Waals surface area (Å²) >= 11 is 13.2. The number of ether oxygens (including phenoxy) is 1. The molecule has 1 aromatic heterocycles. The second-order valence-electron chi connectivity index (χ2n) is 4.52. The first-order valence-corrected chi connectivity index (χ1v) is 7.96. The van der Waals surface area contributed by atoms with Crippen LogP contribution in [-0.2, 0) is 0 Å². The van der Waals surface area contributed by atoms with Crippen LogP contribution in [0.15, 0.2) is 30.3 Å². The molecule has 0 spiro atoms. The van der Waals surface area contributed by atoms with Crippen LogP contribution in [0.25, 0.3) is 10.2 Å². The molecule has 1 amide bonds. The van der Waals surface area contributed by atoms with Crippen molar-refractivity contribution in [1.29, 1.82) is 0 Å². The lowest BCUT2D eigenvalue weighted by Crippen LogP contribution is -2.14.